The molecule has 2 rings (SSSR count). The second-order valence-corrected chi connectivity index (χ2v) is 8.70. The van der Waals surface area contributed by atoms with E-state index >= 15 is 0 Å². The highest BCUT2D eigenvalue weighted by atomic mass is 32.2. The summed E-state index contributed by atoms with van der Waals surface area (Å²) in [5.74, 6) is 0.890. The van der Waals surface area contributed by atoms with Crippen molar-refractivity contribution in [3.8, 4) is 11.5 Å². The molecule has 1 saturated carbocycles. The molecule has 0 unspecified atom stereocenters. The van der Waals surface area contributed by atoms with Crippen LogP contribution >= 0.6 is 0 Å². The summed E-state index contributed by atoms with van der Waals surface area (Å²) in [6, 6.07) is 5.02. The zero-order valence-corrected chi connectivity index (χ0v) is 16.6. The fraction of sp³-hybridized carbons (Fsp3) is 0.611. The van der Waals surface area contributed by atoms with Gasteiger partial charge in [-0.2, -0.15) is 8.42 Å². The Hall–Kier alpha value is -1.96. The van der Waals surface area contributed by atoms with Gasteiger partial charge in [0, 0.05) is 19.1 Å². The maximum Gasteiger partial charge on any atom is 0.317 e. The second-order valence-electron chi connectivity index (χ2n) is 6.84. The number of nitrogens with one attached hydrogen (secondary N) is 1. The van der Waals surface area contributed by atoms with Crippen LogP contribution in [0.2, 0.25) is 0 Å². The third-order valence-corrected chi connectivity index (χ3v) is 5.19. The Kier molecular flexibility index (Phi) is 6.75. The summed E-state index contributed by atoms with van der Waals surface area (Å²) in [7, 11) is -2.21. The first kappa shape index (κ1) is 20.4. The molecule has 0 atom stereocenters. The first-order valence-electron chi connectivity index (χ1n) is 8.88. The number of carbonyl (C=O) groups is 1. The molecule has 0 saturated heterocycles. The Morgan fingerprint density at radius 2 is 2.00 bits per heavy atom. The molecule has 0 radical (unpaired) electrons. The van der Waals surface area contributed by atoms with E-state index in [0.717, 1.165) is 18.4 Å². The van der Waals surface area contributed by atoms with Crippen LogP contribution in [0.25, 0.3) is 0 Å². The number of hydrogen-bond donors (Lipinski definition) is 1. The van der Waals surface area contributed by atoms with Crippen molar-refractivity contribution >= 4 is 16.1 Å². The first-order valence-corrected chi connectivity index (χ1v) is 10.5. The number of carbonyl (C=O) groups excluding carboxylic acids is 1. The maximum atomic E-state index is 12.5. The maximum absolute atomic E-state index is 12.5. The molecule has 1 fully saturated rings. The van der Waals surface area contributed by atoms with Crippen LogP contribution in [0.15, 0.2) is 18.2 Å². The minimum atomic E-state index is -3.66. The SMILES string of the molecule is CCS(=O)(=O)Oc1cc(CN(CC2CC2)C(=O)NC(C)C)ccc1OC. The number of rotatable bonds is 9. The lowest BCUT2D eigenvalue weighted by Crippen LogP contribution is -2.43. The molecule has 0 aromatic heterocycles. The van der Waals surface area contributed by atoms with Crippen molar-refractivity contribution in [2.24, 2.45) is 5.92 Å². The summed E-state index contributed by atoms with van der Waals surface area (Å²) in [6.45, 7) is 6.42. The van der Waals surface area contributed by atoms with Gasteiger partial charge < -0.3 is 19.1 Å². The lowest BCUT2D eigenvalue weighted by atomic mass is 10.2. The zero-order valence-electron chi connectivity index (χ0n) is 15.8. The van der Waals surface area contributed by atoms with Crippen LogP contribution in [0.4, 0.5) is 4.79 Å². The summed E-state index contributed by atoms with van der Waals surface area (Å²) in [5.41, 5.74) is 0.784. The van der Waals surface area contributed by atoms with Gasteiger partial charge in [-0.3, -0.25) is 0 Å². The van der Waals surface area contributed by atoms with E-state index in [4.69, 9.17) is 8.92 Å². The highest BCUT2D eigenvalue weighted by Crippen LogP contribution is 2.32. The Morgan fingerprint density at radius 1 is 1.31 bits per heavy atom. The number of benzene rings is 1. The Labute approximate surface area is 155 Å². The van der Waals surface area contributed by atoms with Crippen molar-refractivity contribution in [3.63, 3.8) is 0 Å². The average molecular weight is 384 g/mol. The average Bonchev–Trinajstić information content (AvgIpc) is 3.37. The van der Waals surface area contributed by atoms with Crippen LogP contribution in [-0.2, 0) is 16.7 Å². The fourth-order valence-electron chi connectivity index (χ4n) is 2.47. The summed E-state index contributed by atoms with van der Waals surface area (Å²) >= 11 is 0. The summed E-state index contributed by atoms with van der Waals surface area (Å²) in [6.07, 6.45) is 2.27. The summed E-state index contributed by atoms with van der Waals surface area (Å²) < 4.78 is 33.9. The minimum Gasteiger partial charge on any atom is -0.493 e. The van der Waals surface area contributed by atoms with Gasteiger partial charge >= 0.3 is 16.1 Å². The van der Waals surface area contributed by atoms with Crippen LogP contribution in [0.1, 0.15) is 39.2 Å². The monoisotopic (exact) mass is 384 g/mol. The molecule has 1 aromatic rings. The number of ether oxygens (including phenoxy) is 1. The van der Waals surface area contributed by atoms with E-state index in [2.05, 4.69) is 5.32 Å². The van der Waals surface area contributed by atoms with Gasteiger partial charge in [0.15, 0.2) is 11.5 Å². The Bertz CT molecular complexity index is 729. The normalized spacial score (nSPS) is 14.2. The molecular formula is C18H28N2O5S. The van der Waals surface area contributed by atoms with E-state index in [1.165, 1.54) is 14.0 Å². The highest BCUT2D eigenvalue weighted by molar-refractivity contribution is 7.87. The number of nitrogens with zero attached hydrogens (tertiary/aromatic N) is 1. The number of hydrogen-bond acceptors (Lipinski definition) is 5. The molecular weight excluding hydrogens is 356 g/mol. The van der Waals surface area contributed by atoms with E-state index in [-0.39, 0.29) is 23.6 Å². The van der Waals surface area contributed by atoms with Crippen molar-refractivity contribution in [3.05, 3.63) is 23.8 Å². The number of amides is 2. The molecule has 2 amide bonds. The molecule has 8 heteroatoms. The van der Waals surface area contributed by atoms with Crippen molar-refractivity contribution in [1.82, 2.24) is 10.2 Å². The van der Waals surface area contributed by atoms with Crippen LogP contribution in [0.5, 0.6) is 11.5 Å². The van der Waals surface area contributed by atoms with E-state index < -0.39 is 10.1 Å². The lowest BCUT2D eigenvalue weighted by Gasteiger charge is -2.25. The predicted molar refractivity (Wildman–Crippen MR) is 99.9 cm³/mol. The lowest BCUT2D eigenvalue weighted by molar-refractivity contribution is 0.190. The van der Waals surface area contributed by atoms with Crippen LogP contribution in [-0.4, -0.2) is 44.8 Å². The largest absolute Gasteiger partial charge is 0.493 e. The van der Waals surface area contributed by atoms with E-state index in [9.17, 15) is 13.2 Å². The molecule has 1 aliphatic carbocycles. The molecule has 1 aliphatic rings. The van der Waals surface area contributed by atoms with Gasteiger partial charge in [0.25, 0.3) is 0 Å². The highest BCUT2D eigenvalue weighted by Gasteiger charge is 2.27. The van der Waals surface area contributed by atoms with Crippen molar-refractivity contribution in [1.29, 1.82) is 0 Å². The van der Waals surface area contributed by atoms with Gasteiger partial charge in [-0.05, 0) is 57.2 Å². The topological polar surface area (TPSA) is 84.9 Å². The zero-order chi connectivity index (χ0) is 19.3. The first-order chi connectivity index (χ1) is 12.2. The minimum absolute atomic E-state index is 0.0497. The van der Waals surface area contributed by atoms with Gasteiger partial charge in [0.2, 0.25) is 0 Å². The standard InChI is InChI=1S/C18H28N2O5S/c1-5-26(22,23)25-17-10-15(8-9-16(17)24-4)12-20(11-14-6-7-14)18(21)19-13(2)3/h8-10,13-14H,5-7,11-12H2,1-4H3,(H,19,21). The van der Waals surface area contributed by atoms with Gasteiger partial charge in [0.1, 0.15) is 0 Å². The molecule has 0 spiro atoms. The smallest absolute Gasteiger partial charge is 0.317 e. The van der Waals surface area contributed by atoms with E-state index in [1.54, 1.807) is 17.0 Å². The van der Waals surface area contributed by atoms with Crippen molar-refractivity contribution in [2.45, 2.75) is 46.2 Å². The molecule has 26 heavy (non-hydrogen) atoms. The fourth-order valence-corrected chi connectivity index (χ4v) is 2.99. The molecule has 7 nitrogen and oxygen atoms in total. The predicted octanol–water partition coefficient (Wildman–Crippen LogP) is 2.75. The molecule has 146 valence electrons. The summed E-state index contributed by atoms with van der Waals surface area (Å²) in [5, 5.41) is 2.92. The van der Waals surface area contributed by atoms with Crippen LogP contribution < -0.4 is 14.2 Å². The van der Waals surface area contributed by atoms with Gasteiger partial charge in [-0.15, -0.1) is 0 Å². The van der Waals surface area contributed by atoms with Crippen LogP contribution in [0, 0.1) is 5.92 Å². The van der Waals surface area contributed by atoms with Gasteiger partial charge in [0.05, 0.1) is 12.9 Å². The molecule has 1 aromatic carbocycles. The Morgan fingerprint density at radius 3 is 2.54 bits per heavy atom. The van der Waals surface area contributed by atoms with E-state index in [0.29, 0.717) is 24.8 Å². The number of urea groups is 1. The molecule has 0 aliphatic heterocycles. The van der Waals surface area contributed by atoms with Crippen LogP contribution in [0.3, 0.4) is 0 Å². The van der Waals surface area contributed by atoms with Crippen molar-refractivity contribution < 1.29 is 22.1 Å². The molecule has 0 bridgehead atoms. The van der Waals surface area contributed by atoms with Crippen molar-refractivity contribution in [2.75, 3.05) is 19.4 Å². The molecule has 1 N–H and O–H groups in total. The summed E-state index contributed by atoms with van der Waals surface area (Å²) in [4.78, 5) is 14.2. The number of methoxy groups -OCH3 is 1. The molecule has 0 heterocycles. The second kappa shape index (κ2) is 8.62. The van der Waals surface area contributed by atoms with E-state index in [1.807, 2.05) is 19.9 Å². The quantitative estimate of drug-likeness (QED) is 0.662. The third kappa shape index (κ3) is 6.09. The van der Waals surface area contributed by atoms with Gasteiger partial charge in [-0.1, -0.05) is 6.07 Å². The third-order valence-electron chi connectivity index (χ3n) is 4.05. The Balaban J connectivity index is 2.20. The van der Waals surface area contributed by atoms with Gasteiger partial charge in [-0.25, -0.2) is 4.79 Å².